The summed E-state index contributed by atoms with van der Waals surface area (Å²) in [5.74, 6) is -0.688. The van der Waals surface area contributed by atoms with Crippen LogP contribution in [0.25, 0.3) is 0 Å². The number of benzene rings is 1. The van der Waals surface area contributed by atoms with Crippen LogP contribution < -0.4 is 5.32 Å². The molecule has 0 aromatic heterocycles. The van der Waals surface area contributed by atoms with Gasteiger partial charge in [-0.05, 0) is 24.6 Å². The van der Waals surface area contributed by atoms with E-state index in [1.165, 1.54) is 11.0 Å². The van der Waals surface area contributed by atoms with E-state index >= 15 is 0 Å². The highest BCUT2D eigenvalue weighted by Gasteiger charge is 2.27. The van der Waals surface area contributed by atoms with E-state index in [1.807, 2.05) is 0 Å². The fraction of sp³-hybridized carbons (Fsp3) is 0.385. The zero-order valence-electron chi connectivity index (χ0n) is 10.1. The Morgan fingerprint density at radius 2 is 2.39 bits per heavy atom. The maximum Gasteiger partial charge on any atom is 0.255 e. The second-order valence-corrected chi connectivity index (χ2v) is 4.31. The maximum absolute atomic E-state index is 13.4. The van der Waals surface area contributed by atoms with E-state index in [-0.39, 0.29) is 5.91 Å². The highest BCUT2D eigenvalue weighted by atomic mass is 19.1. The predicted octanol–water partition coefficient (Wildman–Crippen LogP) is 1.07. The molecule has 1 amide bonds. The van der Waals surface area contributed by atoms with Crippen LogP contribution in [0.15, 0.2) is 18.2 Å². The molecule has 1 heterocycles. The molecule has 1 aliphatic rings. The van der Waals surface area contributed by atoms with Gasteiger partial charge < -0.3 is 10.2 Å². The lowest BCUT2D eigenvalue weighted by Crippen LogP contribution is -2.53. The van der Waals surface area contributed by atoms with Crippen molar-refractivity contribution in [2.45, 2.75) is 13.0 Å². The number of hydrogen-bond acceptors (Lipinski definition) is 3. The minimum Gasteiger partial charge on any atom is -0.320 e. The highest BCUT2D eigenvalue weighted by Crippen LogP contribution is 2.14. The lowest BCUT2D eigenvalue weighted by Gasteiger charge is -2.32. The molecule has 4 nitrogen and oxygen atoms in total. The number of nitrogens with zero attached hydrogens (tertiary/aromatic N) is 2. The normalized spacial score (nSPS) is 19.4. The molecule has 0 aliphatic carbocycles. The predicted molar refractivity (Wildman–Crippen MR) is 64.4 cm³/mol. The van der Waals surface area contributed by atoms with Crippen LogP contribution in [0.1, 0.15) is 15.9 Å². The van der Waals surface area contributed by atoms with Gasteiger partial charge in [-0.2, -0.15) is 5.26 Å². The number of hydrogen-bond donors (Lipinski definition) is 1. The zero-order chi connectivity index (χ0) is 13.1. The summed E-state index contributed by atoms with van der Waals surface area (Å²) in [6.45, 7) is 3.22. The van der Waals surface area contributed by atoms with Crippen molar-refractivity contribution in [2.24, 2.45) is 0 Å². The van der Waals surface area contributed by atoms with Crippen LogP contribution in [0.3, 0.4) is 0 Å². The summed E-state index contributed by atoms with van der Waals surface area (Å²) < 4.78 is 13.4. The zero-order valence-corrected chi connectivity index (χ0v) is 10.1. The summed E-state index contributed by atoms with van der Waals surface area (Å²) in [4.78, 5) is 13.7. The Morgan fingerprint density at radius 1 is 1.61 bits per heavy atom. The summed E-state index contributed by atoms with van der Waals surface area (Å²) in [5.41, 5.74) is 0.795. The van der Waals surface area contributed by atoms with Gasteiger partial charge in [0.25, 0.3) is 5.91 Å². The lowest BCUT2D eigenvalue weighted by atomic mass is 10.1. The monoisotopic (exact) mass is 247 g/mol. The van der Waals surface area contributed by atoms with E-state index in [4.69, 9.17) is 5.26 Å². The lowest BCUT2D eigenvalue weighted by molar-refractivity contribution is 0.0686. The maximum atomic E-state index is 13.4. The van der Waals surface area contributed by atoms with Crippen molar-refractivity contribution >= 4 is 5.91 Å². The molecule has 1 N–H and O–H groups in total. The van der Waals surface area contributed by atoms with Gasteiger partial charge in [-0.15, -0.1) is 0 Å². The molecule has 0 saturated carbocycles. The second kappa shape index (κ2) is 5.15. The third kappa shape index (κ3) is 2.34. The molecule has 1 saturated heterocycles. The van der Waals surface area contributed by atoms with Crippen molar-refractivity contribution in [3.63, 3.8) is 0 Å². The van der Waals surface area contributed by atoms with Gasteiger partial charge in [0.2, 0.25) is 0 Å². The average molecular weight is 247 g/mol. The number of halogens is 1. The molecule has 1 unspecified atom stereocenters. The fourth-order valence-corrected chi connectivity index (χ4v) is 1.95. The van der Waals surface area contributed by atoms with Crippen molar-refractivity contribution in [1.82, 2.24) is 10.2 Å². The number of nitrogens with one attached hydrogen (secondary N) is 1. The number of aryl methyl sites for hydroxylation is 1. The third-order valence-electron chi connectivity index (χ3n) is 3.07. The second-order valence-electron chi connectivity index (χ2n) is 4.31. The van der Waals surface area contributed by atoms with Crippen molar-refractivity contribution in [2.75, 3.05) is 19.6 Å². The Balaban J connectivity index is 2.24. The van der Waals surface area contributed by atoms with Gasteiger partial charge in [0, 0.05) is 25.2 Å². The van der Waals surface area contributed by atoms with Crippen LogP contribution in [0.4, 0.5) is 4.39 Å². The molecule has 2 rings (SSSR count). The largest absolute Gasteiger partial charge is 0.320 e. The van der Waals surface area contributed by atoms with Crippen molar-refractivity contribution in [3.8, 4) is 6.07 Å². The first kappa shape index (κ1) is 12.5. The molecule has 1 fully saturated rings. The summed E-state index contributed by atoms with van der Waals surface area (Å²) in [5, 5.41) is 12.1. The van der Waals surface area contributed by atoms with Crippen LogP contribution in [0, 0.1) is 24.1 Å². The molecule has 1 atom stereocenters. The van der Waals surface area contributed by atoms with Crippen LogP contribution in [0.5, 0.6) is 0 Å². The number of amides is 1. The molecule has 1 aromatic carbocycles. The Hall–Kier alpha value is -1.93. The molecule has 1 aromatic rings. The third-order valence-corrected chi connectivity index (χ3v) is 3.07. The van der Waals surface area contributed by atoms with E-state index < -0.39 is 11.9 Å². The van der Waals surface area contributed by atoms with Crippen LogP contribution in [-0.4, -0.2) is 36.5 Å². The molecular formula is C13H14FN3O. The Kier molecular flexibility index (Phi) is 3.58. The summed E-state index contributed by atoms with van der Waals surface area (Å²) in [6.07, 6.45) is 0. The molecule has 0 radical (unpaired) electrons. The SMILES string of the molecule is Cc1ccc(C(=O)N2CCNCC2C#N)cc1F. The van der Waals surface area contributed by atoms with Gasteiger partial charge in [0.1, 0.15) is 11.9 Å². The summed E-state index contributed by atoms with van der Waals surface area (Å²) in [6, 6.07) is 5.99. The Morgan fingerprint density at radius 3 is 3.06 bits per heavy atom. The van der Waals surface area contributed by atoms with Crippen molar-refractivity contribution < 1.29 is 9.18 Å². The molecule has 94 valence electrons. The summed E-state index contributed by atoms with van der Waals surface area (Å²) >= 11 is 0. The van der Waals surface area contributed by atoms with Crippen molar-refractivity contribution in [1.29, 1.82) is 5.26 Å². The Labute approximate surface area is 105 Å². The van der Waals surface area contributed by atoms with Crippen LogP contribution in [0.2, 0.25) is 0 Å². The van der Waals surface area contributed by atoms with E-state index in [9.17, 15) is 9.18 Å². The number of carbonyl (C=O) groups is 1. The molecule has 5 heteroatoms. The van der Waals surface area contributed by atoms with E-state index in [0.29, 0.717) is 30.8 Å². The Bertz CT molecular complexity index is 509. The first-order valence-electron chi connectivity index (χ1n) is 5.81. The number of nitriles is 1. The van der Waals surface area contributed by atoms with Crippen LogP contribution in [-0.2, 0) is 0 Å². The molecule has 0 bridgehead atoms. The van der Waals surface area contributed by atoms with E-state index in [2.05, 4.69) is 11.4 Å². The highest BCUT2D eigenvalue weighted by molar-refractivity contribution is 5.94. The standard InChI is InChI=1S/C13H14FN3O/c1-9-2-3-10(6-12(9)14)13(18)17-5-4-16-8-11(17)7-15/h2-3,6,11,16H,4-5,8H2,1H3. The average Bonchev–Trinajstić information content (AvgIpc) is 2.41. The topological polar surface area (TPSA) is 56.1 Å². The van der Waals surface area contributed by atoms with Gasteiger partial charge >= 0.3 is 0 Å². The number of piperazine rings is 1. The molecular weight excluding hydrogens is 233 g/mol. The molecule has 18 heavy (non-hydrogen) atoms. The molecule has 1 aliphatic heterocycles. The minimum absolute atomic E-state index is 0.290. The smallest absolute Gasteiger partial charge is 0.255 e. The number of carbonyl (C=O) groups excluding carboxylic acids is 1. The van der Waals surface area contributed by atoms with Gasteiger partial charge in [-0.25, -0.2) is 4.39 Å². The van der Waals surface area contributed by atoms with Crippen LogP contribution >= 0.6 is 0 Å². The van der Waals surface area contributed by atoms with Crippen molar-refractivity contribution in [3.05, 3.63) is 35.1 Å². The van der Waals surface area contributed by atoms with E-state index in [1.54, 1.807) is 19.1 Å². The van der Waals surface area contributed by atoms with Gasteiger partial charge in [0.05, 0.1) is 6.07 Å². The minimum atomic E-state index is -0.490. The quantitative estimate of drug-likeness (QED) is 0.807. The number of rotatable bonds is 1. The fourth-order valence-electron chi connectivity index (χ4n) is 1.95. The van der Waals surface area contributed by atoms with E-state index in [0.717, 1.165) is 0 Å². The summed E-state index contributed by atoms with van der Waals surface area (Å²) in [7, 11) is 0. The van der Waals surface area contributed by atoms with Gasteiger partial charge in [-0.1, -0.05) is 6.07 Å². The van der Waals surface area contributed by atoms with Gasteiger partial charge in [-0.3, -0.25) is 4.79 Å². The molecule has 0 spiro atoms. The first-order chi connectivity index (χ1) is 8.63. The first-order valence-corrected chi connectivity index (χ1v) is 5.81. The van der Waals surface area contributed by atoms with Gasteiger partial charge in [0.15, 0.2) is 0 Å².